The predicted octanol–water partition coefficient (Wildman–Crippen LogP) is 14.8. The van der Waals surface area contributed by atoms with Crippen molar-refractivity contribution >= 4 is 48.1 Å². The van der Waals surface area contributed by atoms with Crippen LogP contribution in [-0.4, -0.2) is 9.52 Å². The predicted molar refractivity (Wildman–Crippen MR) is 224 cm³/mol. The topological polar surface area (TPSA) is 0 Å². The molecule has 0 atom stereocenters. The molecule has 262 valence electrons. The molecule has 0 bridgehead atoms. The van der Waals surface area contributed by atoms with Crippen LogP contribution in [0.15, 0.2) is 97.1 Å². The van der Waals surface area contributed by atoms with Gasteiger partial charge in [0.2, 0.25) is 0 Å². The van der Waals surface area contributed by atoms with E-state index in [0.717, 1.165) is 35.2 Å². The van der Waals surface area contributed by atoms with Gasteiger partial charge in [-0.05, 0) is 73.6 Å². The van der Waals surface area contributed by atoms with Gasteiger partial charge in [0.05, 0.1) is 0 Å². The van der Waals surface area contributed by atoms with Gasteiger partial charge in [-0.1, -0.05) is 125 Å². The van der Waals surface area contributed by atoms with Crippen LogP contribution >= 0.6 is 17.0 Å². The number of benzene rings is 4. The quantitative estimate of drug-likeness (QED) is 0.106. The molecule has 0 saturated heterocycles. The van der Waals surface area contributed by atoms with E-state index >= 15 is 0 Å². The molecule has 0 aliphatic carbocycles. The molecule has 50 heavy (non-hydrogen) atoms. The van der Waals surface area contributed by atoms with Crippen molar-refractivity contribution in [3.8, 4) is 22.3 Å². The van der Waals surface area contributed by atoms with Gasteiger partial charge in [-0.2, -0.15) is 12.1 Å². The number of aryl methyl sites for hydroxylation is 4. The molecule has 0 unspecified atom stereocenters. The fourth-order valence-corrected chi connectivity index (χ4v) is 6.89. The van der Waals surface area contributed by atoms with Crippen molar-refractivity contribution in [2.75, 3.05) is 0 Å². The fraction of sp³-hybridized carbons (Fsp3) is 0.348. The molecular weight excluding hydrogens is 743 g/mol. The summed E-state index contributed by atoms with van der Waals surface area (Å²) in [7, 11) is 11.0. The van der Waals surface area contributed by atoms with Crippen LogP contribution in [0.25, 0.3) is 43.8 Å². The Morgan fingerprint density at radius 1 is 0.600 bits per heavy atom. The molecule has 0 heterocycles. The average molecular weight is 799 g/mol. The summed E-state index contributed by atoms with van der Waals surface area (Å²) in [4.78, 5) is 0. The second-order valence-electron chi connectivity index (χ2n) is 14.0. The van der Waals surface area contributed by atoms with Crippen LogP contribution in [0.2, 0.25) is 13.1 Å². The molecule has 0 fully saturated rings. The zero-order valence-corrected chi connectivity index (χ0v) is 36.9. The normalized spacial score (nSPS) is 10.7. The van der Waals surface area contributed by atoms with Crippen LogP contribution in [0.5, 0.6) is 0 Å². The van der Waals surface area contributed by atoms with Crippen molar-refractivity contribution < 1.29 is 20.8 Å². The van der Waals surface area contributed by atoms with Crippen LogP contribution in [0.1, 0.15) is 74.9 Å². The molecule has 6 rings (SSSR count). The Hall–Kier alpha value is -2.22. The van der Waals surface area contributed by atoms with Gasteiger partial charge in [-0.3, -0.25) is 0 Å². The fourth-order valence-electron chi connectivity index (χ4n) is 6.89. The molecule has 0 aliphatic rings. The Morgan fingerprint density at radius 3 is 1.24 bits per heavy atom. The van der Waals surface area contributed by atoms with Crippen molar-refractivity contribution in [1.82, 2.24) is 0 Å². The van der Waals surface area contributed by atoms with Crippen LogP contribution < -0.4 is 0 Å². The maximum absolute atomic E-state index is 4.93. The Kier molecular flexibility index (Phi) is 18.0. The SMILES string of the molecule is CCc1ccc2[cH-]c(CC(C)C)cc2c1-c1ccccc1C.CCc1ccc2[cH-]c(CC(C)C)cc2c1-c1ccccc1C.C[Si]C.[Cl][Zr+2][Cl]. The van der Waals surface area contributed by atoms with Gasteiger partial charge in [-0.25, -0.2) is 0 Å². The second-order valence-corrected chi connectivity index (χ2v) is 18.8. The van der Waals surface area contributed by atoms with Gasteiger partial charge in [0.1, 0.15) is 0 Å². The molecular formula is C46H56Cl2SiZr. The summed E-state index contributed by atoms with van der Waals surface area (Å²) < 4.78 is 0. The number of halogens is 2. The third kappa shape index (κ3) is 11.4. The molecule has 6 aromatic rings. The molecule has 0 N–H and O–H groups in total. The Morgan fingerprint density at radius 2 is 0.940 bits per heavy atom. The first-order valence-corrected chi connectivity index (χ1v) is 26.4. The van der Waals surface area contributed by atoms with E-state index in [9.17, 15) is 0 Å². The summed E-state index contributed by atoms with van der Waals surface area (Å²) in [5.74, 6) is 1.40. The third-order valence-corrected chi connectivity index (χ3v) is 8.95. The Balaban J connectivity index is 0.000000234. The molecule has 0 saturated carbocycles. The van der Waals surface area contributed by atoms with Crippen molar-refractivity contribution in [1.29, 1.82) is 0 Å². The number of fused-ring (bicyclic) bond motifs is 2. The molecule has 0 amide bonds. The van der Waals surface area contributed by atoms with Crippen LogP contribution in [0.4, 0.5) is 0 Å². The third-order valence-electron chi connectivity index (χ3n) is 8.95. The molecule has 0 nitrogen and oxygen atoms in total. The van der Waals surface area contributed by atoms with Crippen LogP contribution in [0, 0.1) is 25.7 Å². The van der Waals surface area contributed by atoms with E-state index in [1.807, 2.05) is 0 Å². The summed E-state index contributed by atoms with van der Waals surface area (Å²) in [5, 5.41) is 5.60. The Labute approximate surface area is 325 Å². The van der Waals surface area contributed by atoms with Crippen molar-refractivity contribution in [2.45, 2.75) is 94.2 Å². The van der Waals surface area contributed by atoms with Gasteiger partial charge in [0.25, 0.3) is 0 Å². The first-order valence-electron chi connectivity index (χ1n) is 18.1. The van der Waals surface area contributed by atoms with Gasteiger partial charge < -0.3 is 0 Å². The van der Waals surface area contributed by atoms with Crippen LogP contribution in [0.3, 0.4) is 0 Å². The van der Waals surface area contributed by atoms with E-state index in [1.165, 1.54) is 77.2 Å². The summed E-state index contributed by atoms with van der Waals surface area (Å²) in [6.07, 6.45) is 4.46. The van der Waals surface area contributed by atoms with Gasteiger partial charge in [0.15, 0.2) is 0 Å². The zero-order valence-electron chi connectivity index (χ0n) is 32.0. The summed E-state index contributed by atoms with van der Waals surface area (Å²) in [6.45, 7) is 22.4. The minimum atomic E-state index is -0.826. The maximum atomic E-state index is 4.93. The van der Waals surface area contributed by atoms with Crippen molar-refractivity contribution in [3.63, 3.8) is 0 Å². The minimum absolute atomic E-state index is 0.698. The van der Waals surface area contributed by atoms with E-state index in [-0.39, 0.29) is 0 Å². The number of rotatable bonds is 8. The summed E-state index contributed by atoms with van der Waals surface area (Å²) >= 11 is -0.826. The summed E-state index contributed by atoms with van der Waals surface area (Å²) in [5.41, 5.74) is 14.2. The first-order chi connectivity index (χ1) is 24.0. The van der Waals surface area contributed by atoms with E-state index < -0.39 is 20.8 Å². The van der Waals surface area contributed by atoms with Crippen molar-refractivity contribution in [2.24, 2.45) is 11.8 Å². The van der Waals surface area contributed by atoms with Gasteiger partial charge >= 0.3 is 37.9 Å². The monoisotopic (exact) mass is 796 g/mol. The van der Waals surface area contributed by atoms with Gasteiger partial charge in [-0.15, -0.1) is 69.1 Å². The van der Waals surface area contributed by atoms with Crippen LogP contribution in [-0.2, 0) is 46.5 Å². The molecule has 0 spiro atoms. The zero-order chi connectivity index (χ0) is 36.8. The molecule has 6 aromatic carbocycles. The first kappa shape index (κ1) is 42.2. The molecule has 0 aliphatic heterocycles. The van der Waals surface area contributed by atoms with E-state index in [0.29, 0.717) is 11.8 Å². The van der Waals surface area contributed by atoms with E-state index in [4.69, 9.17) is 17.0 Å². The van der Waals surface area contributed by atoms with E-state index in [1.54, 1.807) is 0 Å². The molecule has 2 radical (unpaired) electrons. The van der Waals surface area contributed by atoms with Crippen molar-refractivity contribution in [3.05, 3.63) is 130 Å². The Bertz CT molecular complexity index is 1770. The average Bonchev–Trinajstić information content (AvgIpc) is 3.68. The molecule has 4 heteroatoms. The summed E-state index contributed by atoms with van der Waals surface area (Å²) in [6, 6.07) is 36.3. The molecule has 0 aromatic heterocycles. The second kappa shape index (κ2) is 21.3. The standard InChI is InChI=1S/2C22H25.C2H6Si.2ClH.Zr/c2*1-5-18-10-11-19-13-17(12-15(2)3)14-21(19)22(18)20-9-7-6-8-16(20)4;1-3-2;;;/h2*6-11,13-15H,5,12H2,1-4H3;1-2H3;2*1H;/q2*-1;;;;+4/p-2. The van der Waals surface area contributed by atoms with Gasteiger partial charge in [0, 0.05) is 9.52 Å². The number of hydrogen-bond acceptors (Lipinski definition) is 0. The van der Waals surface area contributed by atoms with E-state index in [2.05, 4.69) is 166 Å². The number of hydrogen-bond donors (Lipinski definition) is 0.